The Labute approximate surface area is 168 Å². The lowest BCUT2D eigenvalue weighted by Crippen LogP contribution is -2.48. The minimum atomic E-state index is -2.03. The number of cyclic esters (lactones) is 1. The molecule has 0 bridgehead atoms. The lowest BCUT2D eigenvalue weighted by Gasteiger charge is -2.41. The second-order valence-corrected chi connectivity index (χ2v) is 17.2. The van der Waals surface area contributed by atoms with E-state index in [-0.39, 0.29) is 29.1 Å². The van der Waals surface area contributed by atoms with Crippen molar-refractivity contribution in [1.29, 1.82) is 0 Å². The number of ether oxygens (including phenoxy) is 1. The lowest BCUT2D eigenvalue weighted by molar-refractivity contribution is -0.144. The summed E-state index contributed by atoms with van der Waals surface area (Å²) in [5, 5.41) is 11.0. The number of hydrogen-bond acceptors (Lipinski definition) is 6. The van der Waals surface area contributed by atoms with Gasteiger partial charge in [0.05, 0.1) is 16.8 Å². The predicted molar refractivity (Wildman–Crippen MR) is 114 cm³/mol. The number of esters is 1. The van der Waals surface area contributed by atoms with E-state index in [1.165, 1.54) is 17.9 Å². The van der Waals surface area contributed by atoms with Gasteiger partial charge in [0.25, 0.3) is 0 Å². The highest BCUT2D eigenvalue weighted by molar-refractivity contribution is 8.17. The smallest absolute Gasteiger partial charge is 0.314 e. The molecule has 4 nitrogen and oxygen atoms in total. The SMILES string of the molecule is CC(C)(C[C@@H](O)[C@@H]1C(=O)OC[C@H]1O[Si](C)(C)C(C)(C)C)C1SCCCS1. The summed E-state index contributed by atoms with van der Waals surface area (Å²) in [5.74, 6) is 1.49. The predicted octanol–water partition coefficient (Wildman–Crippen LogP) is 4.52. The normalized spacial score (nSPS) is 27.5. The summed E-state index contributed by atoms with van der Waals surface area (Å²) < 4.78 is 12.2. The first-order valence-electron chi connectivity index (χ1n) is 9.61. The Bertz CT molecular complexity index is 498. The Hall–Kier alpha value is 0.307. The van der Waals surface area contributed by atoms with E-state index in [4.69, 9.17) is 9.16 Å². The highest BCUT2D eigenvalue weighted by Crippen LogP contribution is 2.46. The maximum atomic E-state index is 12.4. The molecule has 0 amide bonds. The van der Waals surface area contributed by atoms with Crippen LogP contribution in [0.4, 0.5) is 0 Å². The van der Waals surface area contributed by atoms with Gasteiger partial charge in [-0.2, -0.15) is 0 Å². The van der Waals surface area contributed by atoms with Crippen molar-refractivity contribution < 1.29 is 19.1 Å². The van der Waals surface area contributed by atoms with E-state index >= 15 is 0 Å². The van der Waals surface area contributed by atoms with Gasteiger partial charge in [-0.05, 0) is 47.9 Å². The average Bonchev–Trinajstić information content (AvgIpc) is 2.86. The molecule has 0 aromatic heterocycles. The van der Waals surface area contributed by atoms with E-state index in [2.05, 4.69) is 47.7 Å². The summed E-state index contributed by atoms with van der Waals surface area (Å²) in [5.41, 5.74) is -0.0421. The van der Waals surface area contributed by atoms with Crippen molar-refractivity contribution in [2.24, 2.45) is 11.3 Å². The molecule has 1 N–H and O–H groups in total. The van der Waals surface area contributed by atoms with Crippen LogP contribution in [-0.2, 0) is 14.0 Å². The van der Waals surface area contributed by atoms with Gasteiger partial charge in [0, 0.05) is 0 Å². The first kappa shape index (κ1) is 22.6. The summed E-state index contributed by atoms with van der Waals surface area (Å²) in [6, 6.07) is 0. The van der Waals surface area contributed by atoms with E-state index in [0.717, 1.165) is 0 Å². The summed E-state index contributed by atoms with van der Waals surface area (Å²) in [7, 11) is -2.03. The molecule has 3 atom stereocenters. The molecule has 2 fully saturated rings. The fraction of sp³-hybridized carbons (Fsp3) is 0.947. The third-order valence-corrected chi connectivity index (χ3v) is 14.2. The number of carbonyl (C=O) groups is 1. The Balaban J connectivity index is 2.07. The van der Waals surface area contributed by atoms with Crippen LogP contribution in [0.1, 0.15) is 47.5 Å². The maximum Gasteiger partial charge on any atom is 0.314 e. The van der Waals surface area contributed by atoms with Crippen LogP contribution >= 0.6 is 23.5 Å². The van der Waals surface area contributed by atoms with Gasteiger partial charge in [0.1, 0.15) is 12.5 Å². The van der Waals surface area contributed by atoms with Crippen LogP contribution in [0.3, 0.4) is 0 Å². The Morgan fingerprint density at radius 1 is 1.23 bits per heavy atom. The summed E-state index contributed by atoms with van der Waals surface area (Å²) in [6.45, 7) is 15.6. The van der Waals surface area contributed by atoms with E-state index in [0.29, 0.717) is 11.0 Å². The Kier molecular flexibility index (Phi) is 7.26. The fourth-order valence-electron chi connectivity index (χ4n) is 3.28. The number of rotatable bonds is 6. The van der Waals surface area contributed by atoms with E-state index in [1.807, 2.05) is 23.5 Å². The van der Waals surface area contributed by atoms with Crippen molar-refractivity contribution in [1.82, 2.24) is 0 Å². The molecular formula is C19H36O4S2Si. The highest BCUT2D eigenvalue weighted by Gasteiger charge is 2.49. The third kappa shape index (κ3) is 5.22. The third-order valence-electron chi connectivity index (χ3n) is 5.93. The van der Waals surface area contributed by atoms with Crippen molar-refractivity contribution in [2.45, 2.75) is 82.4 Å². The van der Waals surface area contributed by atoms with Crippen molar-refractivity contribution >= 4 is 37.8 Å². The number of aliphatic hydroxyl groups excluding tert-OH is 1. The molecule has 7 heteroatoms. The van der Waals surface area contributed by atoms with Gasteiger partial charge in [-0.1, -0.05) is 34.6 Å². The molecule has 0 aromatic carbocycles. The molecule has 0 aliphatic carbocycles. The van der Waals surface area contributed by atoms with Crippen LogP contribution < -0.4 is 0 Å². The molecule has 2 aliphatic rings. The molecule has 0 radical (unpaired) electrons. The van der Waals surface area contributed by atoms with Crippen LogP contribution in [0.15, 0.2) is 0 Å². The quantitative estimate of drug-likeness (QED) is 0.503. The molecule has 152 valence electrons. The minimum Gasteiger partial charge on any atom is -0.463 e. The molecule has 0 saturated carbocycles. The van der Waals surface area contributed by atoms with Gasteiger partial charge < -0.3 is 14.3 Å². The number of thioether (sulfide) groups is 2. The maximum absolute atomic E-state index is 12.4. The summed E-state index contributed by atoms with van der Waals surface area (Å²) in [4.78, 5) is 12.4. The lowest BCUT2D eigenvalue weighted by atomic mass is 9.83. The largest absolute Gasteiger partial charge is 0.463 e. The van der Waals surface area contributed by atoms with Crippen molar-refractivity contribution in [3.05, 3.63) is 0 Å². The number of hydrogen-bond donors (Lipinski definition) is 1. The molecule has 0 aromatic rings. The van der Waals surface area contributed by atoms with Crippen molar-refractivity contribution in [2.75, 3.05) is 18.1 Å². The van der Waals surface area contributed by atoms with Gasteiger partial charge in [0.2, 0.25) is 0 Å². The Morgan fingerprint density at radius 3 is 2.35 bits per heavy atom. The molecule has 2 saturated heterocycles. The first-order valence-corrected chi connectivity index (χ1v) is 14.6. The van der Waals surface area contributed by atoms with E-state index in [1.54, 1.807) is 0 Å². The minimum absolute atomic E-state index is 0.0421. The molecule has 2 aliphatic heterocycles. The second kappa shape index (κ2) is 8.35. The van der Waals surface area contributed by atoms with Crippen LogP contribution in [0.5, 0.6) is 0 Å². The van der Waals surface area contributed by atoms with Crippen molar-refractivity contribution in [3.63, 3.8) is 0 Å². The molecule has 0 spiro atoms. The van der Waals surface area contributed by atoms with Gasteiger partial charge in [-0.3, -0.25) is 4.79 Å². The van der Waals surface area contributed by atoms with Gasteiger partial charge in [-0.25, -0.2) is 0 Å². The molecule has 2 rings (SSSR count). The van der Waals surface area contributed by atoms with Crippen LogP contribution in [-0.4, -0.2) is 54.3 Å². The van der Waals surface area contributed by atoms with Crippen LogP contribution in [0, 0.1) is 11.3 Å². The highest BCUT2D eigenvalue weighted by atomic mass is 32.2. The fourth-order valence-corrected chi connectivity index (χ4v) is 7.90. The average molecular weight is 421 g/mol. The van der Waals surface area contributed by atoms with E-state index < -0.39 is 20.3 Å². The van der Waals surface area contributed by atoms with Gasteiger partial charge in [-0.15, -0.1) is 23.5 Å². The zero-order chi connectivity index (χ0) is 19.8. The summed E-state index contributed by atoms with van der Waals surface area (Å²) >= 11 is 3.96. The van der Waals surface area contributed by atoms with Crippen LogP contribution in [0.2, 0.25) is 18.1 Å². The second-order valence-electron chi connectivity index (χ2n) is 9.76. The topological polar surface area (TPSA) is 55.8 Å². The standard InChI is InChI=1S/C19H36O4S2Si/c1-18(2,3)26(6,7)23-14-12-22-16(21)15(14)13(20)11-19(4,5)17-24-9-8-10-25-17/h13-15,17,20H,8-12H2,1-7H3/t13-,14-,15+/m1/s1. The molecule has 2 heterocycles. The Morgan fingerprint density at radius 2 is 1.81 bits per heavy atom. The summed E-state index contributed by atoms with van der Waals surface area (Å²) in [6.07, 6.45) is 0.787. The van der Waals surface area contributed by atoms with Gasteiger partial charge >= 0.3 is 5.97 Å². The monoisotopic (exact) mass is 420 g/mol. The van der Waals surface area contributed by atoms with Crippen LogP contribution in [0.25, 0.3) is 0 Å². The number of aliphatic hydroxyl groups is 1. The van der Waals surface area contributed by atoms with Crippen molar-refractivity contribution in [3.8, 4) is 0 Å². The van der Waals surface area contributed by atoms with Gasteiger partial charge in [0.15, 0.2) is 8.32 Å². The molecule has 26 heavy (non-hydrogen) atoms. The van der Waals surface area contributed by atoms with E-state index in [9.17, 15) is 9.90 Å². The zero-order valence-corrected chi connectivity index (χ0v) is 20.0. The number of carbonyl (C=O) groups excluding carboxylic acids is 1. The molecular weight excluding hydrogens is 384 g/mol. The molecule has 0 unspecified atom stereocenters. The first-order chi connectivity index (χ1) is 11.8. The zero-order valence-electron chi connectivity index (χ0n) is 17.3.